The number of nitrogens with one attached hydrogen (secondary N) is 1. The largest absolute Gasteiger partial charge is 0.388 e. The van der Waals surface area contributed by atoms with E-state index in [0.717, 1.165) is 5.56 Å². The van der Waals surface area contributed by atoms with Crippen molar-refractivity contribution in [1.82, 2.24) is 0 Å². The fourth-order valence-corrected chi connectivity index (χ4v) is 2.86. The summed E-state index contributed by atoms with van der Waals surface area (Å²) in [7, 11) is 0. The van der Waals surface area contributed by atoms with Gasteiger partial charge in [0.2, 0.25) is 5.91 Å². The van der Waals surface area contributed by atoms with Gasteiger partial charge in [-0.1, -0.05) is 46.6 Å². The Balaban J connectivity index is 2.13. The smallest absolute Gasteiger partial charge is 0.238 e. The topological polar surface area (TPSA) is 76.7 Å². The third kappa shape index (κ3) is 5.19. The zero-order chi connectivity index (χ0) is 18.4. The molecule has 132 valence electrons. The number of oxime groups is 1. The molecule has 0 bridgehead atoms. The highest BCUT2D eigenvalue weighted by molar-refractivity contribution is 6.40. The van der Waals surface area contributed by atoms with Crippen LogP contribution in [0.5, 0.6) is 0 Å². The molecule has 3 N–H and O–H groups in total. The number of benzene rings is 2. The summed E-state index contributed by atoms with van der Waals surface area (Å²) < 4.78 is 0. The molecule has 1 unspecified atom stereocenters. The lowest BCUT2D eigenvalue weighted by atomic mass is 10.1. The van der Waals surface area contributed by atoms with Gasteiger partial charge in [0.25, 0.3) is 0 Å². The molecule has 25 heavy (non-hydrogen) atoms. The van der Waals surface area contributed by atoms with Crippen molar-refractivity contribution in [2.24, 2.45) is 10.9 Å². The molecule has 0 aromatic heterocycles. The lowest BCUT2D eigenvalue weighted by molar-refractivity contribution is -0.114. The molecule has 5 nitrogen and oxygen atoms in total. The van der Waals surface area contributed by atoms with E-state index in [-0.39, 0.29) is 18.6 Å². The molecule has 0 aliphatic rings. The molecule has 1 amide bonds. The van der Waals surface area contributed by atoms with Gasteiger partial charge in [-0.2, -0.15) is 0 Å². The molecular formula is C18H19Cl2N3O2. The van der Waals surface area contributed by atoms with Crippen molar-refractivity contribution in [2.45, 2.75) is 20.0 Å². The molecule has 0 aliphatic carbocycles. The van der Waals surface area contributed by atoms with E-state index in [4.69, 9.17) is 33.8 Å². The molecule has 2 rings (SSSR count). The number of nitrogens with zero attached hydrogens (tertiary/aromatic N) is 1. The molecule has 2 aromatic rings. The highest BCUT2D eigenvalue weighted by Crippen LogP contribution is 2.26. The van der Waals surface area contributed by atoms with Crippen molar-refractivity contribution in [3.05, 3.63) is 63.6 Å². The Morgan fingerprint density at radius 2 is 1.88 bits per heavy atom. The van der Waals surface area contributed by atoms with Gasteiger partial charge in [0.05, 0.1) is 22.3 Å². The van der Waals surface area contributed by atoms with Crippen LogP contribution in [-0.4, -0.2) is 18.2 Å². The second-order valence-corrected chi connectivity index (χ2v) is 6.21. The van der Waals surface area contributed by atoms with E-state index in [2.05, 4.69) is 10.5 Å². The first-order valence-corrected chi connectivity index (χ1v) is 8.42. The fourth-order valence-electron chi connectivity index (χ4n) is 2.19. The minimum atomic E-state index is -0.328. The van der Waals surface area contributed by atoms with Crippen LogP contribution in [0.15, 0.2) is 47.6 Å². The SMILES string of the molecule is C/C(=N\OC(C)c1cccc(NC(=O)CN)c1)c1c(Cl)cccc1Cl. The summed E-state index contributed by atoms with van der Waals surface area (Å²) in [6.45, 7) is 3.56. The van der Waals surface area contributed by atoms with E-state index in [1.165, 1.54) is 0 Å². The zero-order valence-corrected chi connectivity index (χ0v) is 15.4. The van der Waals surface area contributed by atoms with Crippen LogP contribution in [0.25, 0.3) is 0 Å². The number of carbonyl (C=O) groups excluding carboxylic acids is 1. The number of anilines is 1. The molecule has 0 saturated heterocycles. The van der Waals surface area contributed by atoms with Crippen LogP contribution < -0.4 is 11.1 Å². The summed E-state index contributed by atoms with van der Waals surface area (Å²) in [6, 6.07) is 12.6. The Bertz CT molecular complexity index is 773. The van der Waals surface area contributed by atoms with E-state index in [9.17, 15) is 4.79 Å². The number of halogens is 2. The van der Waals surface area contributed by atoms with Crippen LogP contribution in [0.3, 0.4) is 0 Å². The monoisotopic (exact) mass is 379 g/mol. The molecule has 0 saturated carbocycles. The first-order valence-electron chi connectivity index (χ1n) is 7.67. The molecular weight excluding hydrogens is 361 g/mol. The summed E-state index contributed by atoms with van der Waals surface area (Å²) in [4.78, 5) is 17.0. The molecule has 0 spiro atoms. The van der Waals surface area contributed by atoms with Crippen LogP contribution in [0, 0.1) is 0 Å². The van der Waals surface area contributed by atoms with E-state index >= 15 is 0 Å². The second-order valence-electron chi connectivity index (χ2n) is 5.40. The minimum absolute atomic E-state index is 0.0711. The highest BCUT2D eigenvalue weighted by atomic mass is 35.5. The predicted molar refractivity (Wildman–Crippen MR) is 102 cm³/mol. The maximum absolute atomic E-state index is 11.4. The third-order valence-corrected chi connectivity index (χ3v) is 4.13. The first kappa shape index (κ1) is 19.2. The van der Waals surface area contributed by atoms with Gasteiger partial charge in [0.1, 0.15) is 6.10 Å². The minimum Gasteiger partial charge on any atom is -0.388 e. The van der Waals surface area contributed by atoms with Crippen LogP contribution in [-0.2, 0) is 9.63 Å². The van der Waals surface area contributed by atoms with Gasteiger partial charge in [-0.3, -0.25) is 4.79 Å². The van der Waals surface area contributed by atoms with Gasteiger partial charge in [-0.15, -0.1) is 0 Å². The number of hydrogen-bond acceptors (Lipinski definition) is 4. The molecule has 7 heteroatoms. The number of carbonyl (C=O) groups is 1. The van der Waals surface area contributed by atoms with Crippen LogP contribution in [0.4, 0.5) is 5.69 Å². The third-order valence-electron chi connectivity index (χ3n) is 3.50. The lowest BCUT2D eigenvalue weighted by Crippen LogP contribution is -2.21. The summed E-state index contributed by atoms with van der Waals surface area (Å²) in [5.74, 6) is -0.257. The second kappa shape index (κ2) is 8.85. The maximum Gasteiger partial charge on any atom is 0.238 e. The quantitative estimate of drug-likeness (QED) is 0.576. The van der Waals surface area contributed by atoms with E-state index in [1.54, 1.807) is 31.2 Å². The van der Waals surface area contributed by atoms with Crippen LogP contribution >= 0.6 is 23.2 Å². The Labute approximate surface area is 156 Å². The number of rotatable bonds is 6. The molecule has 2 aromatic carbocycles. The highest BCUT2D eigenvalue weighted by Gasteiger charge is 2.12. The van der Waals surface area contributed by atoms with Gasteiger partial charge in [-0.05, 0) is 43.7 Å². The van der Waals surface area contributed by atoms with Crippen molar-refractivity contribution in [3.63, 3.8) is 0 Å². The Morgan fingerprint density at radius 3 is 2.52 bits per heavy atom. The average molecular weight is 380 g/mol. The average Bonchev–Trinajstić information content (AvgIpc) is 2.59. The van der Waals surface area contributed by atoms with Gasteiger partial charge in [-0.25, -0.2) is 0 Å². The van der Waals surface area contributed by atoms with Crippen LogP contribution in [0.2, 0.25) is 10.0 Å². The zero-order valence-electron chi connectivity index (χ0n) is 13.9. The first-order chi connectivity index (χ1) is 11.9. The lowest BCUT2D eigenvalue weighted by Gasteiger charge is -2.13. The van der Waals surface area contributed by atoms with Crippen molar-refractivity contribution in [3.8, 4) is 0 Å². The van der Waals surface area contributed by atoms with Crippen molar-refractivity contribution in [1.29, 1.82) is 0 Å². The normalized spacial score (nSPS) is 12.6. The summed E-state index contributed by atoms with van der Waals surface area (Å²) in [5, 5.41) is 7.86. The van der Waals surface area contributed by atoms with Gasteiger partial charge in [0, 0.05) is 11.3 Å². The Kier molecular flexibility index (Phi) is 6.82. The number of amides is 1. The summed E-state index contributed by atoms with van der Waals surface area (Å²) >= 11 is 12.3. The fraction of sp³-hybridized carbons (Fsp3) is 0.222. The molecule has 0 heterocycles. The van der Waals surface area contributed by atoms with E-state index < -0.39 is 0 Å². The van der Waals surface area contributed by atoms with Gasteiger partial charge in [0.15, 0.2) is 0 Å². The summed E-state index contributed by atoms with van der Waals surface area (Å²) in [6.07, 6.45) is -0.328. The van der Waals surface area contributed by atoms with Crippen molar-refractivity contribution < 1.29 is 9.63 Å². The predicted octanol–water partition coefficient (Wildman–Crippen LogP) is 4.39. The van der Waals surface area contributed by atoms with Crippen LogP contribution in [0.1, 0.15) is 31.1 Å². The van der Waals surface area contributed by atoms with Crippen molar-refractivity contribution >= 4 is 40.5 Å². The molecule has 0 radical (unpaired) electrons. The summed E-state index contributed by atoms with van der Waals surface area (Å²) in [5.41, 5.74) is 8.03. The van der Waals surface area contributed by atoms with Gasteiger partial charge < -0.3 is 15.9 Å². The van der Waals surface area contributed by atoms with Gasteiger partial charge >= 0.3 is 0 Å². The number of hydrogen-bond donors (Lipinski definition) is 2. The maximum atomic E-state index is 11.4. The Morgan fingerprint density at radius 1 is 1.24 bits per heavy atom. The van der Waals surface area contributed by atoms with Crippen molar-refractivity contribution in [2.75, 3.05) is 11.9 Å². The Hall–Kier alpha value is -2.08. The molecule has 0 fully saturated rings. The standard InChI is InChI=1S/C18H19Cl2N3O2/c1-11(18-15(19)7-4-8-16(18)20)23-25-12(2)13-5-3-6-14(9-13)22-17(24)10-21/h3-9,12H,10,21H2,1-2H3,(H,22,24)/b23-11+. The van der Waals surface area contributed by atoms with E-state index in [0.29, 0.717) is 27.0 Å². The molecule has 1 atom stereocenters. The number of nitrogens with two attached hydrogens (primary N) is 1. The van der Waals surface area contributed by atoms with E-state index in [1.807, 2.05) is 25.1 Å². The molecule has 0 aliphatic heterocycles.